The number of ether oxygens (including phenoxy) is 1. The van der Waals surface area contributed by atoms with Crippen molar-refractivity contribution in [3.8, 4) is 5.75 Å². The molecule has 0 unspecified atom stereocenters. The number of likely N-dealkylation sites (N-methyl/N-ethyl adjacent to an activating group) is 1. The molecule has 3 heteroatoms. The van der Waals surface area contributed by atoms with Crippen LogP contribution in [0.25, 0.3) is 0 Å². The van der Waals surface area contributed by atoms with Gasteiger partial charge in [-0.2, -0.15) is 0 Å². The summed E-state index contributed by atoms with van der Waals surface area (Å²) in [5.74, 6) is 0.909. The largest absolute Gasteiger partial charge is 0.497 e. The Morgan fingerprint density at radius 2 is 1.36 bits per heavy atom. The van der Waals surface area contributed by atoms with Gasteiger partial charge in [-0.25, -0.2) is 0 Å². The summed E-state index contributed by atoms with van der Waals surface area (Å²) in [5.41, 5.74) is 2.67. The Morgan fingerprint density at radius 3 is 1.91 bits per heavy atom. The van der Waals surface area contributed by atoms with Crippen molar-refractivity contribution in [2.45, 2.75) is 13.1 Å². The van der Waals surface area contributed by atoms with Gasteiger partial charge in [0.15, 0.2) is 0 Å². The van der Waals surface area contributed by atoms with E-state index in [1.807, 2.05) is 12.1 Å². The highest BCUT2D eigenvalue weighted by atomic mass is 16.5. The minimum Gasteiger partial charge on any atom is -0.497 e. The number of rotatable bonds is 8. The standard InChI is InChI=1S/C19H26N2O/c1-20(2)13-14-21(15-17-7-5-4-6-8-17)16-18-9-11-19(22-3)12-10-18/h4-12H,13-16H2,1-3H3. The third-order valence-electron chi connectivity index (χ3n) is 3.68. The molecule has 0 saturated heterocycles. The third-order valence-corrected chi connectivity index (χ3v) is 3.68. The van der Waals surface area contributed by atoms with Crippen molar-refractivity contribution >= 4 is 0 Å². The average Bonchev–Trinajstić information content (AvgIpc) is 2.54. The highest BCUT2D eigenvalue weighted by molar-refractivity contribution is 5.27. The normalized spacial score (nSPS) is 11.1. The zero-order chi connectivity index (χ0) is 15.8. The summed E-state index contributed by atoms with van der Waals surface area (Å²) < 4.78 is 5.23. The SMILES string of the molecule is COc1ccc(CN(CCN(C)C)Cc2ccccc2)cc1. The van der Waals surface area contributed by atoms with Crippen LogP contribution in [0, 0.1) is 0 Å². The van der Waals surface area contributed by atoms with E-state index in [0.29, 0.717) is 0 Å². The van der Waals surface area contributed by atoms with Gasteiger partial charge in [0.25, 0.3) is 0 Å². The lowest BCUT2D eigenvalue weighted by molar-refractivity contribution is 0.226. The van der Waals surface area contributed by atoms with Crippen LogP contribution in [0.15, 0.2) is 54.6 Å². The van der Waals surface area contributed by atoms with Crippen LogP contribution in [0.2, 0.25) is 0 Å². The number of hydrogen-bond donors (Lipinski definition) is 0. The maximum atomic E-state index is 5.23. The van der Waals surface area contributed by atoms with Gasteiger partial charge >= 0.3 is 0 Å². The molecule has 2 aromatic carbocycles. The molecule has 118 valence electrons. The number of hydrogen-bond acceptors (Lipinski definition) is 3. The number of benzene rings is 2. The molecule has 2 rings (SSSR count). The first-order valence-electron chi connectivity index (χ1n) is 7.71. The van der Waals surface area contributed by atoms with E-state index in [1.165, 1.54) is 11.1 Å². The summed E-state index contributed by atoms with van der Waals surface area (Å²) in [7, 11) is 5.94. The van der Waals surface area contributed by atoms with Crippen LogP contribution in [0.5, 0.6) is 5.75 Å². The Hall–Kier alpha value is -1.84. The van der Waals surface area contributed by atoms with Crippen molar-refractivity contribution in [2.24, 2.45) is 0 Å². The molecule has 0 saturated carbocycles. The van der Waals surface area contributed by atoms with Crippen LogP contribution >= 0.6 is 0 Å². The molecule has 2 aromatic rings. The van der Waals surface area contributed by atoms with Crippen molar-refractivity contribution in [3.63, 3.8) is 0 Å². The van der Waals surface area contributed by atoms with Gasteiger partial charge in [0.05, 0.1) is 7.11 Å². The predicted molar refractivity (Wildman–Crippen MR) is 92.1 cm³/mol. The quantitative estimate of drug-likeness (QED) is 0.744. The van der Waals surface area contributed by atoms with E-state index in [0.717, 1.165) is 31.9 Å². The highest BCUT2D eigenvalue weighted by Crippen LogP contribution is 2.14. The van der Waals surface area contributed by atoms with Gasteiger partial charge in [-0.3, -0.25) is 4.90 Å². The lowest BCUT2D eigenvalue weighted by atomic mass is 10.1. The first-order valence-corrected chi connectivity index (χ1v) is 7.71. The predicted octanol–water partition coefficient (Wildman–Crippen LogP) is 3.26. The van der Waals surface area contributed by atoms with E-state index in [-0.39, 0.29) is 0 Å². The summed E-state index contributed by atoms with van der Waals surface area (Å²) in [6, 6.07) is 19.0. The second-order valence-corrected chi connectivity index (χ2v) is 5.85. The second-order valence-electron chi connectivity index (χ2n) is 5.85. The lowest BCUT2D eigenvalue weighted by Gasteiger charge is -2.24. The fourth-order valence-corrected chi connectivity index (χ4v) is 2.39. The fraction of sp³-hybridized carbons (Fsp3) is 0.368. The summed E-state index contributed by atoms with van der Waals surface area (Å²) in [6.45, 7) is 4.03. The molecule has 3 nitrogen and oxygen atoms in total. The van der Waals surface area contributed by atoms with E-state index in [2.05, 4.69) is 66.4 Å². The minimum absolute atomic E-state index is 0.909. The summed E-state index contributed by atoms with van der Waals surface area (Å²) >= 11 is 0. The molecule has 0 spiro atoms. The van der Waals surface area contributed by atoms with Crippen molar-refractivity contribution in [3.05, 3.63) is 65.7 Å². The number of nitrogens with zero attached hydrogens (tertiary/aromatic N) is 2. The molecule has 0 bridgehead atoms. The van der Waals surface area contributed by atoms with Gasteiger partial charge in [0.1, 0.15) is 5.75 Å². The Balaban J connectivity index is 2.02. The number of methoxy groups -OCH3 is 1. The Morgan fingerprint density at radius 1 is 0.773 bits per heavy atom. The molecule has 0 N–H and O–H groups in total. The van der Waals surface area contributed by atoms with E-state index >= 15 is 0 Å². The molecule has 0 radical (unpaired) electrons. The molecular weight excluding hydrogens is 272 g/mol. The summed E-state index contributed by atoms with van der Waals surface area (Å²) in [4.78, 5) is 4.71. The smallest absolute Gasteiger partial charge is 0.118 e. The molecule has 0 heterocycles. The zero-order valence-corrected chi connectivity index (χ0v) is 13.8. The average molecular weight is 298 g/mol. The topological polar surface area (TPSA) is 15.7 Å². The van der Waals surface area contributed by atoms with Gasteiger partial charge in [0, 0.05) is 26.2 Å². The van der Waals surface area contributed by atoms with Crippen LogP contribution in [-0.2, 0) is 13.1 Å². The van der Waals surface area contributed by atoms with Crippen molar-refractivity contribution in [1.29, 1.82) is 0 Å². The van der Waals surface area contributed by atoms with Gasteiger partial charge in [-0.15, -0.1) is 0 Å². The second kappa shape index (κ2) is 8.57. The van der Waals surface area contributed by atoms with E-state index < -0.39 is 0 Å². The van der Waals surface area contributed by atoms with Gasteiger partial charge in [-0.05, 0) is 37.4 Å². The third kappa shape index (κ3) is 5.51. The minimum atomic E-state index is 0.909. The fourth-order valence-electron chi connectivity index (χ4n) is 2.39. The van der Waals surface area contributed by atoms with Crippen LogP contribution in [0.4, 0.5) is 0 Å². The Labute approximate surface area is 134 Å². The van der Waals surface area contributed by atoms with E-state index in [9.17, 15) is 0 Å². The Bertz CT molecular complexity index is 537. The van der Waals surface area contributed by atoms with E-state index in [4.69, 9.17) is 4.74 Å². The summed E-state index contributed by atoms with van der Waals surface area (Å²) in [6.07, 6.45) is 0. The molecule has 0 aliphatic heterocycles. The van der Waals surface area contributed by atoms with Crippen molar-refractivity contribution < 1.29 is 4.74 Å². The first-order chi connectivity index (χ1) is 10.7. The Kier molecular flexibility index (Phi) is 6.44. The van der Waals surface area contributed by atoms with Gasteiger partial charge < -0.3 is 9.64 Å². The molecule has 0 aliphatic rings. The zero-order valence-electron chi connectivity index (χ0n) is 13.8. The molecule has 22 heavy (non-hydrogen) atoms. The van der Waals surface area contributed by atoms with Crippen molar-refractivity contribution in [1.82, 2.24) is 9.80 Å². The van der Waals surface area contributed by atoms with Crippen molar-refractivity contribution in [2.75, 3.05) is 34.3 Å². The monoisotopic (exact) mass is 298 g/mol. The molecule has 0 amide bonds. The molecule has 0 atom stereocenters. The van der Waals surface area contributed by atoms with E-state index in [1.54, 1.807) is 7.11 Å². The highest BCUT2D eigenvalue weighted by Gasteiger charge is 2.08. The van der Waals surface area contributed by atoms with Crippen LogP contribution < -0.4 is 4.74 Å². The molecule has 0 aliphatic carbocycles. The maximum absolute atomic E-state index is 5.23. The molecular formula is C19H26N2O. The maximum Gasteiger partial charge on any atom is 0.118 e. The summed E-state index contributed by atoms with van der Waals surface area (Å²) in [5, 5.41) is 0. The van der Waals surface area contributed by atoms with Gasteiger partial charge in [0.2, 0.25) is 0 Å². The van der Waals surface area contributed by atoms with Crippen LogP contribution in [0.1, 0.15) is 11.1 Å². The lowest BCUT2D eigenvalue weighted by Crippen LogP contribution is -2.31. The molecule has 0 fully saturated rings. The first kappa shape index (κ1) is 16.5. The van der Waals surface area contributed by atoms with Crippen LogP contribution in [0.3, 0.4) is 0 Å². The van der Waals surface area contributed by atoms with Crippen LogP contribution in [-0.4, -0.2) is 44.1 Å². The molecule has 0 aromatic heterocycles. The van der Waals surface area contributed by atoms with Gasteiger partial charge in [-0.1, -0.05) is 42.5 Å².